The van der Waals surface area contributed by atoms with E-state index >= 15 is 0 Å². The number of halogens is 3. The molecular formula is C19H13ClF2N2O3S. The van der Waals surface area contributed by atoms with Gasteiger partial charge in [-0.1, -0.05) is 17.7 Å². The normalized spacial score (nSPS) is 11.1. The van der Waals surface area contributed by atoms with Gasteiger partial charge in [0.15, 0.2) is 0 Å². The summed E-state index contributed by atoms with van der Waals surface area (Å²) in [6.45, 7) is 0. The minimum atomic E-state index is -3.87. The molecule has 0 saturated carbocycles. The maximum Gasteiger partial charge on any atom is 0.261 e. The molecule has 3 aromatic carbocycles. The van der Waals surface area contributed by atoms with Crippen molar-refractivity contribution in [3.05, 3.63) is 89.0 Å². The summed E-state index contributed by atoms with van der Waals surface area (Å²) in [6, 6.07) is 13.9. The summed E-state index contributed by atoms with van der Waals surface area (Å²) in [6.07, 6.45) is 0. The lowest BCUT2D eigenvalue weighted by atomic mass is 10.2. The molecule has 9 heteroatoms. The smallest absolute Gasteiger partial charge is 0.261 e. The molecule has 0 aliphatic carbocycles. The van der Waals surface area contributed by atoms with Crippen molar-refractivity contribution >= 4 is 38.9 Å². The van der Waals surface area contributed by atoms with E-state index in [-0.39, 0.29) is 16.3 Å². The maximum atomic E-state index is 13.7. The molecule has 0 fully saturated rings. The third-order valence-corrected chi connectivity index (χ3v) is 5.32. The molecule has 0 spiro atoms. The first-order valence-electron chi connectivity index (χ1n) is 7.89. The molecule has 3 rings (SSSR count). The number of sulfonamides is 1. The zero-order valence-corrected chi connectivity index (χ0v) is 15.7. The van der Waals surface area contributed by atoms with Crippen molar-refractivity contribution in [3.63, 3.8) is 0 Å². The van der Waals surface area contributed by atoms with E-state index in [1.807, 2.05) is 0 Å². The average Bonchev–Trinajstić information content (AvgIpc) is 2.64. The number of nitrogens with one attached hydrogen (secondary N) is 2. The van der Waals surface area contributed by atoms with Crippen LogP contribution in [0.1, 0.15) is 10.4 Å². The number of amides is 1. The van der Waals surface area contributed by atoms with Gasteiger partial charge >= 0.3 is 0 Å². The lowest BCUT2D eigenvalue weighted by Gasteiger charge is -2.11. The number of rotatable bonds is 5. The van der Waals surface area contributed by atoms with Gasteiger partial charge in [0.2, 0.25) is 0 Å². The van der Waals surface area contributed by atoms with Crippen LogP contribution in [0.4, 0.5) is 20.2 Å². The van der Waals surface area contributed by atoms with Crippen LogP contribution in [0.5, 0.6) is 0 Å². The van der Waals surface area contributed by atoms with Crippen molar-refractivity contribution in [2.75, 3.05) is 10.0 Å². The van der Waals surface area contributed by atoms with Gasteiger partial charge in [-0.2, -0.15) is 0 Å². The molecule has 0 radical (unpaired) electrons. The molecule has 3 aromatic rings. The molecule has 0 aliphatic heterocycles. The monoisotopic (exact) mass is 422 g/mol. The fourth-order valence-electron chi connectivity index (χ4n) is 2.36. The van der Waals surface area contributed by atoms with Crippen molar-refractivity contribution in [3.8, 4) is 0 Å². The van der Waals surface area contributed by atoms with E-state index in [1.165, 1.54) is 48.5 Å². The molecule has 2 N–H and O–H groups in total. The van der Waals surface area contributed by atoms with Crippen LogP contribution < -0.4 is 10.0 Å². The lowest BCUT2D eigenvalue weighted by Crippen LogP contribution is -2.15. The van der Waals surface area contributed by atoms with E-state index in [0.29, 0.717) is 5.02 Å². The highest BCUT2D eigenvalue weighted by molar-refractivity contribution is 7.92. The van der Waals surface area contributed by atoms with Gasteiger partial charge in [-0.15, -0.1) is 0 Å². The van der Waals surface area contributed by atoms with E-state index in [4.69, 9.17) is 11.6 Å². The SMILES string of the molecule is O=C(Nc1cccc(NS(=O)(=O)c2ccc(Cl)cc2)c1)c1cc(F)ccc1F. The molecular weight excluding hydrogens is 410 g/mol. The van der Waals surface area contributed by atoms with Crippen LogP contribution in [0.3, 0.4) is 0 Å². The second-order valence-corrected chi connectivity index (χ2v) is 7.84. The Bertz CT molecular complexity index is 1140. The summed E-state index contributed by atoms with van der Waals surface area (Å²) in [5.41, 5.74) is -0.0930. The minimum absolute atomic E-state index is 0.00757. The Morgan fingerprint density at radius 3 is 2.29 bits per heavy atom. The first-order valence-corrected chi connectivity index (χ1v) is 9.75. The van der Waals surface area contributed by atoms with Gasteiger partial charge in [0, 0.05) is 10.7 Å². The molecule has 0 aromatic heterocycles. The van der Waals surface area contributed by atoms with Gasteiger partial charge in [-0.3, -0.25) is 9.52 Å². The third-order valence-electron chi connectivity index (χ3n) is 3.67. The minimum Gasteiger partial charge on any atom is -0.322 e. The predicted molar refractivity (Wildman–Crippen MR) is 103 cm³/mol. The van der Waals surface area contributed by atoms with Crippen molar-refractivity contribution < 1.29 is 22.0 Å². The van der Waals surface area contributed by atoms with Crippen molar-refractivity contribution in [1.82, 2.24) is 0 Å². The van der Waals surface area contributed by atoms with Gasteiger partial charge in [0.05, 0.1) is 16.1 Å². The number of carbonyl (C=O) groups excluding carboxylic acids is 1. The number of anilines is 2. The summed E-state index contributed by atoms with van der Waals surface area (Å²) in [5, 5.41) is 2.80. The Labute approximate surface area is 165 Å². The van der Waals surface area contributed by atoms with E-state index in [0.717, 1.165) is 18.2 Å². The third kappa shape index (κ3) is 4.65. The highest BCUT2D eigenvalue weighted by Gasteiger charge is 2.16. The second kappa shape index (κ2) is 7.95. The highest BCUT2D eigenvalue weighted by Crippen LogP contribution is 2.21. The molecule has 0 unspecified atom stereocenters. The summed E-state index contributed by atoms with van der Waals surface area (Å²) >= 11 is 5.76. The van der Waals surface area contributed by atoms with Crippen LogP contribution in [0.15, 0.2) is 71.6 Å². The first-order chi connectivity index (χ1) is 13.2. The van der Waals surface area contributed by atoms with Crippen LogP contribution in [0, 0.1) is 11.6 Å². The van der Waals surface area contributed by atoms with E-state index < -0.39 is 33.1 Å². The van der Waals surface area contributed by atoms with Crippen LogP contribution >= 0.6 is 11.6 Å². The van der Waals surface area contributed by atoms with E-state index in [1.54, 1.807) is 0 Å². The molecule has 0 aliphatic rings. The quantitative estimate of drug-likeness (QED) is 0.627. The zero-order chi connectivity index (χ0) is 20.3. The summed E-state index contributed by atoms with van der Waals surface area (Å²) in [4.78, 5) is 12.2. The van der Waals surface area contributed by atoms with Gasteiger partial charge < -0.3 is 5.32 Å². The summed E-state index contributed by atoms with van der Waals surface area (Å²) in [7, 11) is -3.87. The topological polar surface area (TPSA) is 75.3 Å². The molecule has 144 valence electrons. The van der Waals surface area contributed by atoms with Gasteiger partial charge in [0.1, 0.15) is 11.6 Å². The number of hydrogen-bond acceptors (Lipinski definition) is 3. The number of carbonyl (C=O) groups is 1. The van der Waals surface area contributed by atoms with Crippen molar-refractivity contribution in [2.45, 2.75) is 4.90 Å². The Hall–Kier alpha value is -2.97. The largest absolute Gasteiger partial charge is 0.322 e. The molecule has 0 atom stereocenters. The Kier molecular flexibility index (Phi) is 5.62. The van der Waals surface area contributed by atoms with Crippen LogP contribution in [-0.2, 0) is 10.0 Å². The average molecular weight is 423 g/mol. The fourth-order valence-corrected chi connectivity index (χ4v) is 3.53. The zero-order valence-electron chi connectivity index (χ0n) is 14.1. The highest BCUT2D eigenvalue weighted by atomic mass is 35.5. The van der Waals surface area contributed by atoms with Crippen LogP contribution in [0.2, 0.25) is 5.02 Å². The lowest BCUT2D eigenvalue weighted by molar-refractivity contribution is 0.102. The summed E-state index contributed by atoms with van der Waals surface area (Å²) in [5.74, 6) is -2.50. The van der Waals surface area contributed by atoms with Crippen LogP contribution in [-0.4, -0.2) is 14.3 Å². The molecule has 0 heterocycles. The Morgan fingerprint density at radius 2 is 1.57 bits per heavy atom. The first kappa shape index (κ1) is 19.8. The van der Waals surface area contributed by atoms with Gasteiger partial charge in [-0.05, 0) is 60.7 Å². The number of benzene rings is 3. The molecule has 0 bridgehead atoms. The van der Waals surface area contributed by atoms with Crippen molar-refractivity contribution in [2.24, 2.45) is 0 Å². The van der Waals surface area contributed by atoms with Gasteiger partial charge in [0.25, 0.3) is 15.9 Å². The molecule has 5 nitrogen and oxygen atoms in total. The standard InChI is InChI=1S/C19H13ClF2N2O3S/c20-12-4-7-16(8-5-12)28(26,27)24-15-3-1-2-14(11-15)23-19(25)17-10-13(21)6-9-18(17)22/h1-11,24H,(H,23,25). The van der Waals surface area contributed by atoms with Gasteiger partial charge in [-0.25, -0.2) is 17.2 Å². The summed E-state index contributed by atoms with van der Waals surface area (Å²) < 4.78 is 54.2. The number of hydrogen-bond donors (Lipinski definition) is 2. The Morgan fingerprint density at radius 1 is 0.893 bits per heavy atom. The van der Waals surface area contributed by atoms with Crippen LogP contribution in [0.25, 0.3) is 0 Å². The Balaban J connectivity index is 1.79. The fraction of sp³-hybridized carbons (Fsp3) is 0. The molecule has 28 heavy (non-hydrogen) atoms. The molecule has 0 saturated heterocycles. The van der Waals surface area contributed by atoms with E-state index in [2.05, 4.69) is 10.0 Å². The van der Waals surface area contributed by atoms with E-state index in [9.17, 15) is 22.0 Å². The predicted octanol–water partition coefficient (Wildman–Crippen LogP) is 4.67. The van der Waals surface area contributed by atoms with Crippen molar-refractivity contribution in [1.29, 1.82) is 0 Å². The maximum absolute atomic E-state index is 13.7. The molecule has 1 amide bonds. The second-order valence-electron chi connectivity index (χ2n) is 5.72.